The average Bonchev–Trinajstić information content (AvgIpc) is 2.50. The highest BCUT2D eigenvalue weighted by Crippen LogP contribution is 2.27. The molecular weight excluding hydrogens is 338 g/mol. The summed E-state index contributed by atoms with van der Waals surface area (Å²) in [4.78, 5) is 8.06. The third-order valence-electron chi connectivity index (χ3n) is 2.20. The van der Waals surface area contributed by atoms with E-state index < -0.39 is 0 Å². The predicted octanol–water partition coefficient (Wildman–Crippen LogP) is 2.39. The van der Waals surface area contributed by atoms with Gasteiger partial charge in [-0.05, 0) is 45.7 Å². The first-order valence-corrected chi connectivity index (χ1v) is 6.09. The smallest absolute Gasteiger partial charge is 0.173 e. The van der Waals surface area contributed by atoms with E-state index in [1.807, 2.05) is 13.8 Å². The molecule has 0 aliphatic carbocycles. The van der Waals surface area contributed by atoms with Crippen LogP contribution in [-0.2, 0) is 0 Å². The van der Waals surface area contributed by atoms with Crippen LogP contribution in [-0.4, -0.2) is 19.7 Å². The fourth-order valence-electron chi connectivity index (χ4n) is 1.35. The zero-order chi connectivity index (χ0) is 11.9. The number of hydrogen-bond acceptors (Lipinski definition) is 4. The summed E-state index contributed by atoms with van der Waals surface area (Å²) in [6, 6.07) is 0. The molecule has 0 unspecified atom stereocenters. The Bertz CT molecular complexity index is 549. The summed E-state index contributed by atoms with van der Waals surface area (Å²) in [5, 5.41) is 4.38. The molecule has 0 aliphatic rings. The Labute approximate surface area is 109 Å². The zero-order valence-corrected chi connectivity index (χ0v) is 11.9. The fraction of sp³-hybridized carbons (Fsp3) is 0.222. The monoisotopic (exact) mass is 345 g/mol. The molecule has 0 saturated heterocycles. The van der Waals surface area contributed by atoms with Crippen molar-refractivity contribution in [1.82, 2.24) is 19.7 Å². The minimum Gasteiger partial charge on any atom is -0.383 e. The van der Waals surface area contributed by atoms with Crippen molar-refractivity contribution in [3.8, 4) is 5.82 Å². The number of rotatable bonds is 1. The van der Waals surface area contributed by atoms with Gasteiger partial charge in [0.25, 0.3) is 0 Å². The van der Waals surface area contributed by atoms with Gasteiger partial charge in [-0.3, -0.25) is 0 Å². The van der Waals surface area contributed by atoms with Crippen LogP contribution in [0.1, 0.15) is 11.4 Å². The lowest BCUT2D eigenvalue weighted by atomic mass is 10.4. The lowest BCUT2D eigenvalue weighted by molar-refractivity contribution is 0.796. The van der Waals surface area contributed by atoms with E-state index in [9.17, 15) is 0 Å². The molecule has 84 valence electrons. The van der Waals surface area contributed by atoms with E-state index in [1.54, 1.807) is 4.68 Å². The Hall–Kier alpha value is -0.950. The Morgan fingerprint density at radius 2 is 1.88 bits per heavy atom. The summed E-state index contributed by atoms with van der Waals surface area (Å²) in [6.07, 6.45) is 1.42. The van der Waals surface area contributed by atoms with E-state index in [4.69, 9.17) is 5.73 Å². The molecule has 7 heteroatoms. The molecule has 0 saturated carbocycles. The lowest BCUT2D eigenvalue weighted by Gasteiger charge is -2.06. The number of aryl methyl sites for hydroxylation is 1. The van der Waals surface area contributed by atoms with Crippen molar-refractivity contribution < 1.29 is 0 Å². The molecule has 2 aromatic heterocycles. The Morgan fingerprint density at radius 1 is 1.19 bits per heavy atom. The van der Waals surface area contributed by atoms with E-state index in [2.05, 4.69) is 46.9 Å². The number of nitrogens with two attached hydrogens (primary N) is 1. The number of nitrogens with zero attached hydrogens (tertiary/aromatic N) is 4. The molecule has 0 amide bonds. The van der Waals surface area contributed by atoms with E-state index >= 15 is 0 Å². The van der Waals surface area contributed by atoms with Gasteiger partial charge in [-0.1, -0.05) is 0 Å². The van der Waals surface area contributed by atoms with E-state index in [1.165, 1.54) is 6.33 Å². The van der Waals surface area contributed by atoms with Crippen molar-refractivity contribution in [2.24, 2.45) is 0 Å². The van der Waals surface area contributed by atoms with Gasteiger partial charge in [0.05, 0.1) is 15.9 Å². The zero-order valence-electron chi connectivity index (χ0n) is 8.70. The van der Waals surface area contributed by atoms with Gasteiger partial charge < -0.3 is 5.73 Å². The molecule has 0 aliphatic heterocycles. The molecule has 2 heterocycles. The van der Waals surface area contributed by atoms with Gasteiger partial charge in [0.2, 0.25) is 0 Å². The number of aromatic nitrogens is 4. The first kappa shape index (κ1) is 11.5. The highest BCUT2D eigenvalue weighted by molar-refractivity contribution is 9.11. The van der Waals surface area contributed by atoms with E-state index in [-0.39, 0.29) is 0 Å². The highest BCUT2D eigenvalue weighted by atomic mass is 79.9. The normalized spacial score (nSPS) is 10.8. The summed E-state index contributed by atoms with van der Waals surface area (Å²) < 4.78 is 3.34. The summed E-state index contributed by atoms with van der Waals surface area (Å²) in [5.41, 5.74) is 7.58. The highest BCUT2D eigenvalue weighted by Gasteiger charge is 2.15. The van der Waals surface area contributed by atoms with Crippen molar-refractivity contribution in [3.63, 3.8) is 0 Å². The molecular formula is C9H9Br2N5. The van der Waals surface area contributed by atoms with Crippen LogP contribution in [0, 0.1) is 13.8 Å². The molecule has 0 bridgehead atoms. The first-order chi connectivity index (χ1) is 7.52. The van der Waals surface area contributed by atoms with Crippen molar-refractivity contribution >= 4 is 37.7 Å². The van der Waals surface area contributed by atoms with Crippen LogP contribution in [0.3, 0.4) is 0 Å². The largest absolute Gasteiger partial charge is 0.383 e. The minimum absolute atomic E-state index is 0.397. The van der Waals surface area contributed by atoms with Crippen LogP contribution in [0.25, 0.3) is 5.82 Å². The third-order valence-corrected chi connectivity index (χ3v) is 4.11. The summed E-state index contributed by atoms with van der Waals surface area (Å²) >= 11 is 6.83. The lowest BCUT2D eigenvalue weighted by Crippen LogP contribution is -2.06. The number of nitrogen functional groups attached to an aromatic ring is 1. The van der Waals surface area contributed by atoms with Crippen LogP contribution in [0.5, 0.6) is 0 Å². The molecule has 16 heavy (non-hydrogen) atoms. The molecule has 0 aromatic carbocycles. The van der Waals surface area contributed by atoms with E-state index in [0.29, 0.717) is 16.1 Å². The second-order valence-corrected chi connectivity index (χ2v) is 4.88. The van der Waals surface area contributed by atoms with Gasteiger partial charge in [0.1, 0.15) is 16.6 Å². The molecule has 0 radical (unpaired) electrons. The molecule has 0 fully saturated rings. The number of halogens is 2. The topological polar surface area (TPSA) is 69.6 Å². The van der Waals surface area contributed by atoms with Gasteiger partial charge in [-0.25, -0.2) is 14.6 Å². The van der Waals surface area contributed by atoms with Crippen molar-refractivity contribution in [2.45, 2.75) is 13.8 Å². The van der Waals surface area contributed by atoms with Gasteiger partial charge in [0, 0.05) is 0 Å². The quantitative estimate of drug-likeness (QED) is 0.860. The average molecular weight is 347 g/mol. The number of hydrogen-bond donors (Lipinski definition) is 1. The van der Waals surface area contributed by atoms with Crippen molar-refractivity contribution in [1.29, 1.82) is 0 Å². The Balaban J connectivity index is 2.68. The van der Waals surface area contributed by atoms with E-state index in [0.717, 1.165) is 15.9 Å². The fourth-order valence-corrected chi connectivity index (χ4v) is 1.97. The van der Waals surface area contributed by atoms with Crippen LogP contribution in [0.2, 0.25) is 0 Å². The SMILES string of the molecule is Cc1nn(-c2ncnc(N)c2Br)c(C)c1Br. The number of anilines is 1. The third kappa shape index (κ3) is 1.73. The van der Waals surface area contributed by atoms with Crippen molar-refractivity contribution in [3.05, 3.63) is 26.7 Å². The molecule has 0 spiro atoms. The van der Waals surface area contributed by atoms with Crippen LogP contribution >= 0.6 is 31.9 Å². The molecule has 2 rings (SSSR count). The summed E-state index contributed by atoms with van der Waals surface area (Å²) in [5.74, 6) is 1.03. The second kappa shape index (κ2) is 4.14. The maximum Gasteiger partial charge on any atom is 0.173 e. The summed E-state index contributed by atoms with van der Waals surface area (Å²) in [6.45, 7) is 3.88. The van der Waals surface area contributed by atoms with Crippen LogP contribution < -0.4 is 5.73 Å². The van der Waals surface area contributed by atoms with Gasteiger partial charge in [-0.2, -0.15) is 5.10 Å². The first-order valence-electron chi connectivity index (χ1n) is 4.50. The van der Waals surface area contributed by atoms with Gasteiger partial charge >= 0.3 is 0 Å². The molecule has 0 atom stereocenters. The maximum absolute atomic E-state index is 5.70. The van der Waals surface area contributed by atoms with Crippen LogP contribution in [0.15, 0.2) is 15.3 Å². The minimum atomic E-state index is 0.397. The van der Waals surface area contributed by atoms with Crippen LogP contribution in [0.4, 0.5) is 5.82 Å². The Morgan fingerprint density at radius 3 is 2.44 bits per heavy atom. The van der Waals surface area contributed by atoms with Crippen molar-refractivity contribution in [2.75, 3.05) is 5.73 Å². The maximum atomic E-state index is 5.70. The molecule has 2 N–H and O–H groups in total. The van der Waals surface area contributed by atoms with Gasteiger partial charge in [0.15, 0.2) is 5.82 Å². The van der Waals surface area contributed by atoms with Gasteiger partial charge in [-0.15, -0.1) is 0 Å². The second-order valence-electron chi connectivity index (χ2n) is 3.29. The molecule has 5 nitrogen and oxygen atoms in total. The Kier molecular flexibility index (Phi) is 2.98. The summed E-state index contributed by atoms with van der Waals surface area (Å²) in [7, 11) is 0. The standard InChI is InChI=1S/C9H9Br2N5/c1-4-6(10)5(2)16(15-4)9-7(11)8(12)13-3-14-9/h3H,1-2H3,(H2,12,13,14). The molecule has 2 aromatic rings. The predicted molar refractivity (Wildman–Crippen MR) is 68.4 cm³/mol.